The van der Waals surface area contributed by atoms with Gasteiger partial charge in [-0.2, -0.15) is 0 Å². The van der Waals surface area contributed by atoms with Crippen LogP contribution in [0.3, 0.4) is 0 Å². The summed E-state index contributed by atoms with van der Waals surface area (Å²) >= 11 is 5.32. The van der Waals surface area contributed by atoms with Gasteiger partial charge >= 0.3 is 0 Å². The summed E-state index contributed by atoms with van der Waals surface area (Å²) in [7, 11) is 1.83. The van der Waals surface area contributed by atoms with E-state index in [0.29, 0.717) is 10.7 Å². The fourth-order valence-corrected chi connectivity index (χ4v) is 2.78. The molecule has 0 unspecified atom stereocenters. The van der Waals surface area contributed by atoms with Crippen molar-refractivity contribution in [2.75, 3.05) is 7.05 Å². The predicted molar refractivity (Wildman–Crippen MR) is 86.5 cm³/mol. The molecule has 22 heavy (non-hydrogen) atoms. The van der Waals surface area contributed by atoms with E-state index in [1.165, 1.54) is 12.1 Å². The van der Waals surface area contributed by atoms with Gasteiger partial charge in [-0.3, -0.25) is 4.79 Å². The van der Waals surface area contributed by atoms with Gasteiger partial charge in [0.05, 0.1) is 11.6 Å². The molecule has 1 aromatic carbocycles. The molecule has 1 fully saturated rings. The second-order valence-corrected chi connectivity index (χ2v) is 6.13. The average Bonchev–Trinajstić information content (AvgIpc) is 3.29. The highest BCUT2D eigenvalue weighted by Gasteiger charge is 2.34. The number of benzene rings is 1. The van der Waals surface area contributed by atoms with Crippen LogP contribution < -0.4 is 10.6 Å². The van der Waals surface area contributed by atoms with E-state index < -0.39 is 0 Å². The molecule has 1 heterocycles. The van der Waals surface area contributed by atoms with Crippen LogP contribution >= 0.6 is 12.2 Å². The first-order valence-corrected chi connectivity index (χ1v) is 7.69. The van der Waals surface area contributed by atoms with E-state index in [-0.39, 0.29) is 23.8 Å². The summed E-state index contributed by atoms with van der Waals surface area (Å²) in [6, 6.07) is 6.06. The highest BCUT2D eigenvalue weighted by molar-refractivity contribution is 7.80. The third-order valence-electron chi connectivity index (χ3n) is 4.11. The van der Waals surface area contributed by atoms with Gasteiger partial charge in [0.1, 0.15) is 5.82 Å². The second kappa shape index (κ2) is 5.68. The van der Waals surface area contributed by atoms with Crippen molar-refractivity contribution in [1.29, 1.82) is 0 Å². The number of carbonyl (C=O) groups excluding carboxylic acids is 1. The van der Waals surface area contributed by atoms with E-state index in [4.69, 9.17) is 12.2 Å². The SMILES string of the molecule is CC1=C(C(=O)NC2CC2)[C@@H](c2ccc(F)cc2)NC(=S)N1C. The minimum atomic E-state index is -0.358. The van der Waals surface area contributed by atoms with E-state index in [0.717, 1.165) is 24.1 Å². The first kappa shape index (κ1) is 15.0. The molecule has 0 spiro atoms. The summed E-state index contributed by atoms with van der Waals surface area (Å²) in [5, 5.41) is 6.74. The van der Waals surface area contributed by atoms with Gasteiger partial charge in [0.15, 0.2) is 5.11 Å². The zero-order valence-corrected chi connectivity index (χ0v) is 13.3. The third kappa shape index (κ3) is 2.83. The lowest BCUT2D eigenvalue weighted by Gasteiger charge is -2.35. The van der Waals surface area contributed by atoms with Gasteiger partial charge in [-0.05, 0) is 49.7 Å². The molecule has 4 nitrogen and oxygen atoms in total. The number of nitrogens with zero attached hydrogens (tertiary/aromatic N) is 1. The number of allylic oxidation sites excluding steroid dienone is 1. The normalized spacial score (nSPS) is 21.7. The van der Waals surface area contributed by atoms with Gasteiger partial charge in [0, 0.05) is 18.8 Å². The third-order valence-corrected chi connectivity index (χ3v) is 4.51. The van der Waals surface area contributed by atoms with Gasteiger partial charge in [-0.1, -0.05) is 12.1 Å². The van der Waals surface area contributed by atoms with Crippen LogP contribution in [0, 0.1) is 5.82 Å². The van der Waals surface area contributed by atoms with E-state index in [1.54, 1.807) is 17.0 Å². The van der Waals surface area contributed by atoms with Crippen LogP contribution in [0.1, 0.15) is 31.4 Å². The van der Waals surface area contributed by atoms with Crippen LogP contribution in [-0.4, -0.2) is 29.0 Å². The molecule has 0 radical (unpaired) electrons. The van der Waals surface area contributed by atoms with Gasteiger partial charge < -0.3 is 15.5 Å². The number of amides is 1. The van der Waals surface area contributed by atoms with E-state index in [1.807, 2.05) is 14.0 Å². The monoisotopic (exact) mass is 319 g/mol. The van der Waals surface area contributed by atoms with Crippen molar-refractivity contribution < 1.29 is 9.18 Å². The summed E-state index contributed by atoms with van der Waals surface area (Å²) in [4.78, 5) is 14.4. The highest BCUT2D eigenvalue weighted by atomic mass is 32.1. The first-order chi connectivity index (χ1) is 10.5. The number of hydrogen-bond acceptors (Lipinski definition) is 2. The molecule has 2 aliphatic rings. The Kier molecular flexibility index (Phi) is 3.87. The molecule has 1 aliphatic heterocycles. The Hall–Kier alpha value is -1.95. The summed E-state index contributed by atoms with van der Waals surface area (Å²) < 4.78 is 13.2. The quantitative estimate of drug-likeness (QED) is 0.839. The second-order valence-electron chi connectivity index (χ2n) is 5.74. The summed E-state index contributed by atoms with van der Waals surface area (Å²) in [6.45, 7) is 1.88. The molecular weight excluding hydrogens is 301 g/mol. The Morgan fingerprint density at radius 3 is 2.59 bits per heavy atom. The van der Waals surface area contributed by atoms with Crippen LogP contribution in [0.15, 0.2) is 35.5 Å². The van der Waals surface area contributed by atoms with Crippen molar-refractivity contribution in [3.8, 4) is 0 Å². The number of rotatable bonds is 3. The Morgan fingerprint density at radius 1 is 1.36 bits per heavy atom. The van der Waals surface area contributed by atoms with E-state index in [2.05, 4.69) is 10.6 Å². The maximum Gasteiger partial charge on any atom is 0.251 e. The molecule has 1 atom stereocenters. The lowest BCUT2D eigenvalue weighted by Crippen LogP contribution is -2.47. The van der Waals surface area contributed by atoms with Crippen molar-refractivity contribution in [1.82, 2.24) is 15.5 Å². The Labute approximate surface area is 134 Å². The molecule has 6 heteroatoms. The standard InChI is InChI=1S/C16H18FN3OS/c1-9-13(15(21)18-12-7-8-12)14(19-16(22)20(9)2)10-3-5-11(17)6-4-10/h3-6,12,14H,7-8H2,1-2H3,(H,18,21)(H,19,22)/t14-/m1/s1. The average molecular weight is 319 g/mol. The topological polar surface area (TPSA) is 44.4 Å². The summed E-state index contributed by atoms with van der Waals surface area (Å²) in [5.41, 5.74) is 2.27. The molecule has 116 valence electrons. The lowest BCUT2D eigenvalue weighted by atomic mass is 9.94. The maximum atomic E-state index is 13.2. The summed E-state index contributed by atoms with van der Waals surface area (Å²) in [6.07, 6.45) is 2.06. The first-order valence-electron chi connectivity index (χ1n) is 7.28. The minimum Gasteiger partial charge on any atom is -0.351 e. The molecule has 1 aromatic rings. The maximum absolute atomic E-state index is 13.2. The van der Waals surface area contributed by atoms with Gasteiger partial charge in [0.25, 0.3) is 5.91 Å². The Morgan fingerprint density at radius 2 is 2.00 bits per heavy atom. The number of nitrogens with one attached hydrogen (secondary N) is 2. The predicted octanol–water partition coefficient (Wildman–Crippen LogP) is 2.24. The smallest absolute Gasteiger partial charge is 0.251 e. The zero-order valence-electron chi connectivity index (χ0n) is 12.5. The van der Waals surface area contributed by atoms with Crippen LogP contribution in [0.4, 0.5) is 4.39 Å². The van der Waals surface area contributed by atoms with Crippen LogP contribution in [-0.2, 0) is 4.79 Å². The highest BCUT2D eigenvalue weighted by Crippen LogP contribution is 2.31. The summed E-state index contributed by atoms with van der Waals surface area (Å²) in [5.74, 6) is -0.389. The zero-order chi connectivity index (χ0) is 15.9. The van der Waals surface area contributed by atoms with Crippen molar-refractivity contribution >= 4 is 23.2 Å². The van der Waals surface area contributed by atoms with Crippen LogP contribution in [0.2, 0.25) is 0 Å². The van der Waals surface area contributed by atoms with Crippen molar-refractivity contribution in [2.45, 2.75) is 31.8 Å². The van der Waals surface area contributed by atoms with Gasteiger partial charge in [0.2, 0.25) is 0 Å². The molecular formula is C16H18FN3OS. The Bertz CT molecular complexity index is 652. The van der Waals surface area contributed by atoms with Crippen molar-refractivity contribution in [3.63, 3.8) is 0 Å². The van der Waals surface area contributed by atoms with Crippen LogP contribution in [0.25, 0.3) is 0 Å². The van der Waals surface area contributed by atoms with Crippen molar-refractivity contribution in [2.24, 2.45) is 0 Å². The fourth-order valence-electron chi connectivity index (χ4n) is 2.53. The van der Waals surface area contributed by atoms with E-state index in [9.17, 15) is 9.18 Å². The van der Waals surface area contributed by atoms with Crippen molar-refractivity contribution in [3.05, 3.63) is 46.9 Å². The van der Waals surface area contributed by atoms with Crippen LogP contribution in [0.5, 0.6) is 0 Å². The molecule has 1 saturated carbocycles. The lowest BCUT2D eigenvalue weighted by molar-refractivity contribution is -0.118. The number of hydrogen-bond donors (Lipinski definition) is 2. The molecule has 0 bridgehead atoms. The van der Waals surface area contributed by atoms with Gasteiger partial charge in [-0.15, -0.1) is 0 Å². The number of thiocarbonyl (C=S) groups is 1. The number of halogens is 1. The number of carbonyl (C=O) groups is 1. The van der Waals surface area contributed by atoms with Gasteiger partial charge in [-0.25, -0.2) is 4.39 Å². The molecule has 3 rings (SSSR count). The minimum absolute atomic E-state index is 0.0869. The fraction of sp³-hybridized carbons (Fsp3) is 0.375. The molecule has 0 aromatic heterocycles. The molecule has 0 saturated heterocycles. The Balaban J connectivity index is 1.99. The molecule has 1 aliphatic carbocycles. The molecule has 2 N–H and O–H groups in total. The van der Waals surface area contributed by atoms with E-state index >= 15 is 0 Å². The molecule has 1 amide bonds. The largest absolute Gasteiger partial charge is 0.351 e.